The number of rotatable bonds is 0. The minimum atomic E-state index is -0.435. The van der Waals surface area contributed by atoms with Crippen LogP contribution < -0.4 is 5.73 Å². The summed E-state index contributed by atoms with van der Waals surface area (Å²) >= 11 is 0. The summed E-state index contributed by atoms with van der Waals surface area (Å²) in [5, 5.41) is 8.74. The van der Waals surface area contributed by atoms with Crippen LogP contribution in [0.1, 0.15) is 29.2 Å². The molecule has 2 rings (SSSR count). The number of halogens is 1. The lowest BCUT2D eigenvalue weighted by molar-refractivity contribution is 0.621. The van der Waals surface area contributed by atoms with Gasteiger partial charge in [-0.05, 0) is 30.0 Å². The standard InChI is InChI=1S/C10H9FN2/c11-9-3-1-7-6(8(9)5-12)2-4-10(7)13/h1,3,10H,2,4,13H2/t10-/m1/s1. The van der Waals surface area contributed by atoms with E-state index < -0.39 is 5.82 Å². The zero-order valence-corrected chi connectivity index (χ0v) is 7.05. The van der Waals surface area contributed by atoms with E-state index in [1.165, 1.54) is 6.07 Å². The van der Waals surface area contributed by atoms with Crippen LogP contribution in [0.25, 0.3) is 0 Å². The number of hydrogen-bond donors (Lipinski definition) is 1. The van der Waals surface area contributed by atoms with E-state index in [0.29, 0.717) is 0 Å². The van der Waals surface area contributed by atoms with Gasteiger partial charge in [0.2, 0.25) is 0 Å². The monoisotopic (exact) mass is 176 g/mol. The van der Waals surface area contributed by atoms with Crippen LogP contribution in [0.4, 0.5) is 4.39 Å². The molecular weight excluding hydrogens is 167 g/mol. The van der Waals surface area contributed by atoms with Crippen molar-refractivity contribution >= 4 is 0 Å². The molecule has 0 saturated heterocycles. The fourth-order valence-corrected chi connectivity index (χ4v) is 1.83. The number of nitriles is 1. The predicted molar refractivity (Wildman–Crippen MR) is 46.4 cm³/mol. The molecule has 0 saturated carbocycles. The molecule has 0 aliphatic heterocycles. The minimum Gasteiger partial charge on any atom is -0.324 e. The molecule has 0 unspecified atom stereocenters. The summed E-state index contributed by atoms with van der Waals surface area (Å²) < 4.78 is 13.1. The van der Waals surface area contributed by atoms with Gasteiger partial charge in [-0.2, -0.15) is 5.26 Å². The Hall–Kier alpha value is -1.40. The van der Waals surface area contributed by atoms with Gasteiger partial charge in [0.15, 0.2) is 0 Å². The molecule has 0 aromatic heterocycles. The highest BCUT2D eigenvalue weighted by molar-refractivity contribution is 5.47. The molecular formula is C10H9FN2. The van der Waals surface area contributed by atoms with Gasteiger partial charge < -0.3 is 5.73 Å². The van der Waals surface area contributed by atoms with Crippen LogP contribution in [-0.2, 0) is 6.42 Å². The topological polar surface area (TPSA) is 49.8 Å². The molecule has 0 spiro atoms. The van der Waals surface area contributed by atoms with Crippen molar-refractivity contribution in [1.82, 2.24) is 0 Å². The zero-order valence-electron chi connectivity index (χ0n) is 7.05. The maximum absolute atomic E-state index is 13.1. The first-order chi connectivity index (χ1) is 6.24. The van der Waals surface area contributed by atoms with Crippen molar-refractivity contribution < 1.29 is 4.39 Å². The van der Waals surface area contributed by atoms with Gasteiger partial charge in [-0.25, -0.2) is 4.39 Å². The second-order valence-electron chi connectivity index (χ2n) is 3.25. The van der Waals surface area contributed by atoms with Gasteiger partial charge in [-0.3, -0.25) is 0 Å². The highest BCUT2D eigenvalue weighted by atomic mass is 19.1. The summed E-state index contributed by atoms with van der Waals surface area (Å²) in [4.78, 5) is 0. The van der Waals surface area contributed by atoms with Crippen molar-refractivity contribution in [3.8, 4) is 6.07 Å². The Kier molecular flexibility index (Phi) is 1.78. The molecule has 1 aromatic rings. The molecule has 2 N–H and O–H groups in total. The van der Waals surface area contributed by atoms with Crippen LogP contribution in [0, 0.1) is 17.1 Å². The zero-order chi connectivity index (χ0) is 9.42. The van der Waals surface area contributed by atoms with E-state index in [1.54, 1.807) is 6.07 Å². The molecule has 2 nitrogen and oxygen atoms in total. The molecule has 1 atom stereocenters. The minimum absolute atomic E-state index is 0.0253. The third-order valence-electron chi connectivity index (χ3n) is 2.51. The summed E-state index contributed by atoms with van der Waals surface area (Å²) in [5.41, 5.74) is 7.69. The van der Waals surface area contributed by atoms with Gasteiger partial charge in [-0.1, -0.05) is 6.07 Å². The number of benzene rings is 1. The Labute approximate surface area is 75.8 Å². The van der Waals surface area contributed by atoms with E-state index in [1.807, 2.05) is 6.07 Å². The normalized spacial score (nSPS) is 19.6. The molecule has 1 aliphatic rings. The van der Waals surface area contributed by atoms with Crippen LogP contribution in [-0.4, -0.2) is 0 Å². The van der Waals surface area contributed by atoms with Crippen LogP contribution in [0.15, 0.2) is 12.1 Å². The summed E-state index contributed by atoms with van der Waals surface area (Å²) in [5.74, 6) is -0.435. The number of hydrogen-bond acceptors (Lipinski definition) is 2. The van der Waals surface area contributed by atoms with Crippen molar-refractivity contribution in [2.24, 2.45) is 5.73 Å². The Morgan fingerprint density at radius 1 is 1.54 bits per heavy atom. The van der Waals surface area contributed by atoms with Gasteiger partial charge in [0.05, 0.1) is 5.56 Å². The molecule has 3 heteroatoms. The van der Waals surface area contributed by atoms with Crippen molar-refractivity contribution in [2.45, 2.75) is 18.9 Å². The van der Waals surface area contributed by atoms with Gasteiger partial charge in [-0.15, -0.1) is 0 Å². The van der Waals surface area contributed by atoms with E-state index in [4.69, 9.17) is 11.0 Å². The first-order valence-electron chi connectivity index (χ1n) is 4.21. The largest absolute Gasteiger partial charge is 0.324 e. The molecule has 1 aliphatic carbocycles. The molecule has 1 aromatic carbocycles. The maximum Gasteiger partial charge on any atom is 0.141 e. The highest BCUT2D eigenvalue weighted by Gasteiger charge is 2.23. The summed E-state index contributed by atoms with van der Waals surface area (Å²) in [7, 11) is 0. The fourth-order valence-electron chi connectivity index (χ4n) is 1.83. The Morgan fingerprint density at radius 3 is 3.00 bits per heavy atom. The first-order valence-corrected chi connectivity index (χ1v) is 4.21. The summed E-state index contributed by atoms with van der Waals surface area (Å²) in [6.45, 7) is 0. The van der Waals surface area contributed by atoms with E-state index in [2.05, 4.69) is 0 Å². The smallest absolute Gasteiger partial charge is 0.141 e. The van der Waals surface area contributed by atoms with Crippen LogP contribution in [0.5, 0.6) is 0 Å². The molecule has 0 radical (unpaired) electrons. The average molecular weight is 176 g/mol. The summed E-state index contributed by atoms with van der Waals surface area (Å²) in [6.07, 6.45) is 1.53. The number of nitrogens with zero attached hydrogens (tertiary/aromatic N) is 1. The number of fused-ring (bicyclic) bond motifs is 1. The first kappa shape index (κ1) is 8.21. The van der Waals surface area contributed by atoms with Gasteiger partial charge in [0, 0.05) is 6.04 Å². The lowest BCUT2D eigenvalue weighted by Crippen LogP contribution is -2.05. The SMILES string of the molecule is N#Cc1c(F)ccc2c1CC[C@H]2N. The van der Waals surface area contributed by atoms with E-state index >= 15 is 0 Å². The Bertz CT molecular complexity index is 393. The van der Waals surface area contributed by atoms with E-state index in [9.17, 15) is 4.39 Å². The molecule has 13 heavy (non-hydrogen) atoms. The van der Waals surface area contributed by atoms with Gasteiger partial charge in [0.1, 0.15) is 11.9 Å². The predicted octanol–water partition coefficient (Wildman–Crippen LogP) is 1.64. The van der Waals surface area contributed by atoms with Gasteiger partial charge in [0.25, 0.3) is 0 Å². The molecule has 0 fully saturated rings. The molecule has 0 heterocycles. The van der Waals surface area contributed by atoms with E-state index in [-0.39, 0.29) is 11.6 Å². The average Bonchev–Trinajstić information content (AvgIpc) is 2.48. The van der Waals surface area contributed by atoms with Gasteiger partial charge >= 0.3 is 0 Å². The fraction of sp³-hybridized carbons (Fsp3) is 0.300. The highest BCUT2D eigenvalue weighted by Crippen LogP contribution is 2.32. The van der Waals surface area contributed by atoms with Crippen LogP contribution in [0.3, 0.4) is 0 Å². The van der Waals surface area contributed by atoms with Crippen molar-refractivity contribution in [3.63, 3.8) is 0 Å². The lowest BCUT2D eigenvalue weighted by Gasteiger charge is -2.05. The second-order valence-corrected chi connectivity index (χ2v) is 3.25. The summed E-state index contributed by atoms with van der Waals surface area (Å²) in [6, 6.07) is 4.87. The molecule has 0 bridgehead atoms. The maximum atomic E-state index is 13.1. The third kappa shape index (κ3) is 1.11. The quantitative estimate of drug-likeness (QED) is 0.653. The van der Waals surface area contributed by atoms with Crippen molar-refractivity contribution in [3.05, 3.63) is 34.6 Å². The number of nitrogens with two attached hydrogens (primary N) is 1. The van der Waals surface area contributed by atoms with Crippen LogP contribution in [0.2, 0.25) is 0 Å². The van der Waals surface area contributed by atoms with Crippen LogP contribution >= 0.6 is 0 Å². The third-order valence-corrected chi connectivity index (χ3v) is 2.51. The van der Waals surface area contributed by atoms with Crippen molar-refractivity contribution in [1.29, 1.82) is 5.26 Å². The molecule has 66 valence electrons. The Morgan fingerprint density at radius 2 is 2.31 bits per heavy atom. The Balaban J connectivity index is 2.66. The lowest BCUT2D eigenvalue weighted by atomic mass is 10.0. The second kappa shape index (κ2) is 2.82. The van der Waals surface area contributed by atoms with Crippen molar-refractivity contribution in [2.75, 3.05) is 0 Å². The van der Waals surface area contributed by atoms with E-state index in [0.717, 1.165) is 24.0 Å². The molecule has 0 amide bonds.